The highest BCUT2D eigenvalue weighted by molar-refractivity contribution is 9.10. The second-order valence-corrected chi connectivity index (χ2v) is 9.07. The maximum absolute atomic E-state index is 12.8. The number of esters is 1. The van der Waals surface area contributed by atoms with Crippen LogP contribution in [0.25, 0.3) is 0 Å². The summed E-state index contributed by atoms with van der Waals surface area (Å²) in [4.78, 5) is 36.5. The van der Waals surface area contributed by atoms with Gasteiger partial charge in [0, 0.05) is 11.0 Å². The number of benzene rings is 2. The Morgan fingerprint density at radius 2 is 1.74 bits per heavy atom. The van der Waals surface area contributed by atoms with Gasteiger partial charge in [-0.25, -0.2) is 19.1 Å². The topological polar surface area (TPSA) is 113 Å². The molecule has 0 aliphatic carbocycles. The summed E-state index contributed by atoms with van der Waals surface area (Å²) < 4.78 is 14.6. The van der Waals surface area contributed by atoms with Gasteiger partial charge < -0.3 is 14.6 Å². The number of carboxylic acids is 1. The summed E-state index contributed by atoms with van der Waals surface area (Å²) in [6.45, 7) is 5.41. The minimum absolute atomic E-state index is 0.161. The van der Waals surface area contributed by atoms with Crippen molar-refractivity contribution in [2.75, 3.05) is 0 Å². The van der Waals surface area contributed by atoms with Crippen LogP contribution in [0.3, 0.4) is 0 Å². The first-order valence-corrected chi connectivity index (χ1v) is 11.5. The molecule has 9 nitrogen and oxygen atoms in total. The van der Waals surface area contributed by atoms with Gasteiger partial charge >= 0.3 is 17.6 Å². The van der Waals surface area contributed by atoms with E-state index in [9.17, 15) is 14.4 Å². The number of halogens is 1. The summed E-state index contributed by atoms with van der Waals surface area (Å²) in [5.41, 5.74) is -0.485. The summed E-state index contributed by atoms with van der Waals surface area (Å²) >= 11 is 3.39. The lowest BCUT2D eigenvalue weighted by Gasteiger charge is -2.21. The smallest absolute Gasteiger partial charge is 0.347 e. The lowest BCUT2D eigenvalue weighted by atomic mass is 10.1. The Morgan fingerprint density at radius 3 is 2.32 bits per heavy atom. The van der Waals surface area contributed by atoms with Gasteiger partial charge in [-0.2, -0.15) is 5.10 Å². The molecule has 0 atom stereocenters. The van der Waals surface area contributed by atoms with Crippen molar-refractivity contribution in [1.29, 1.82) is 0 Å². The molecule has 34 heavy (non-hydrogen) atoms. The largest absolute Gasteiger partial charge is 0.478 e. The van der Waals surface area contributed by atoms with E-state index < -0.39 is 17.5 Å². The molecule has 0 aliphatic rings. The number of hydrogen-bond acceptors (Lipinski definition) is 6. The van der Waals surface area contributed by atoms with Crippen molar-refractivity contribution in [3.05, 3.63) is 80.4 Å². The van der Waals surface area contributed by atoms with E-state index in [0.717, 1.165) is 16.5 Å². The second kappa shape index (κ2) is 10.7. The van der Waals surface area contributed by atoms with Crippen LogP contribution in [-0.2, 0) is 29.2 Å². The van der Waals surface area contributed by atoms with E-state index in [1.807, 2.05) is 31.2 Å². The molecule has 1 aromatic heterocycles. The zero-order valence-electron chi connectivity index (χ0n) is 19.2. The maximum atomic E-state index is 12.8. The van der Waals surface area contributed by atoms with Crippen molar-refractivity contribution >= 4 is 27.9 Å². The molecule has 0 aliphatic heterocycles. The van der Waals surface area contributed by atoms with Crippen molar-refractivity contribution in [1.82, 2.24) is 14.3 Å². The molecule has 180 valence electrons. The van der Waals surface area contributed by atoms with Crippen molar-refractivity contribution in [3.63, 3.8) is 0 Å². The summed E-state index contributed by atoms with van der Waals surface area (Å²) in [6.07, 6.45) is 0.721. The average molecular weight is 532 g/mol. The molecule has 1 N–H and O–H groups in total. The number of aromatic nitrogens is 3. The predicted molar refractivity (Wildman–Crippen MR) is 128 cm³/mol. The zero-order valence-corrected chi connectivity index (χ0v) is 20.7. The normalized spacial score (nSPS) is 11.3. The van der Waals surface area contributed by atoms with E-state index in [0.29, 0.717) is 24.7 Å². The predicted octanol–water partition coefficient (Wildman–Crippen LogP) is 3.86. The van der Waals surface area contributed by atoms with E-state index in [1.165, 1.54) is 47.4 Å². The molecule has 0 saturated heterocycles. The van der Waals surface area contributed by atoms with Crippen LogP contribution in [0.5, 0.6) is 5.75 Å². The average Bonchev–Trinajstić information content (AvgIpc) is 3.08. The molecule has 2 aromatic carbocycles. The highest BCUT2D eigenvalue weighted by Crippen LogP contribution is 2.20. The van der Waals surface area contributed by atoms with Crippen LogP contribution in [0.4, 0.5) is 0 Å². The first kappa shape index (κ1) is 25.2. The zero-order chi connectivity index (χ0) is 24.9. The molecule has 0 bridgehead atoms. The monoisotopic (exact) mass is 531 g/mol. The molecule has 0 amide bonds. The minimum Gasteiger partial charge on any atom is -0.478 e. The first-order chi connectivity index (χ1) is 16.1. The van der Waals surface area contributed by atoms with E-state index in [4.69, 9.17) is 14.6 Å². The van der Waals surface area contributed by atoms with Crippen molar-refractivity contribution in [3.8, 4) is 5.75 Å². The van der Waals surface area contributed by atoms with Gasteiger partial charge in [-0.1, -0.05) is 35.0 Å². The lowest BCUT2D eigenvalue weighted by Crippen LogP contribution is -2.37. The number of carbonyl (C=O) groups excluding carboxylic acids is 1. The summed E-state index contributed by atoms with van der Waals surface area (Å²) in [7, 11) is 0. The number of ether oxygens (including phenoxy) is 2. The Bertz CT molecular complexity index is 1210. The second-order valence-electron chi connectivity index (χ2n) is 8.15. The van der Waals surface area contributed by atoms with Gasteiger partial charge in [-0.3, -0.25) is 4.57 Å². The molecular formula is C24H26BrN3O6. The van der Waals surface area contributed by atoms with Crippen molar-refractivity contribution < 1.29 is 24.2 Å². The van der Waals surface area contributed by atoms with E-state index in [2.05, 4.69) is 21.0 Å². The summed E-state index contributed by atoms with van der Waals surface area (Å²) in [6, 6.07) is 13.6. The fourth-order valence-electron chi connectivity index (χ4n) is 3.12. The molecule has 0 saturated carbocycles. The Hall–Kier alpha value is -3.40. The van der Waals surface area contributed by atoms with Gasteiger partial charge in [0.15, 0.2) is 18.0 Å². The third-order valence-electron chi connectivity index (χ3n) is 5.00. The highest BCUT2D eigenvalue weighted by atomic mass is 79.9. The number of hydrogen-bond donors (Lipinski definition) is 1. The van der Waals surface area contributed by atoms with Crippen LogP contribution < -0.4 is 10.4 Å². The van der Waals surface area contributed by atoms with Gasteiger partial charge in [-0.15, -0.1) is 0 Å². The maximum Gasteiger partial charge on any atom is 0.347 e. The molecule has 3 rings (SSSR count). The number of carboxylic acid groups (broad SMARTS) is 1. The third-order valence-corrected chi connectivity index (χ3v) is 5.53. The molecule has 0 unspecified atom stereocenters. The standard InChI is InChI=1S/C24H26BrN3O6/c1-4-13-27-20(26-28(23(27)32)14-16-5-9-18(25)10-6-16)15-33-21(29)17-7-11-19(12-8-17)34-24(2,3)22(30)31/h5-12H,4,13-15H2,1-3H3,(H,30,31). The van der Waals surface area contributed by atoms with Crippen LogP contribution >= 0.6 is 15.9 Å². The van der Waals surface area contributed by atoms with E-state index in [-0.39, 0.29) is 17.9 Å². The van der Waals surface area contributed by atoms with Crippen LogP contribution in [0.2, 0.25) is 0 Å². The quantitative estimate of drug-likeness (QED) is 0.395. The fourth-order valence-corrected chi connectivity index (χ4v) is 3.38. The lowest BCUT2D eigenvalue weighted by molar-refractivity contribution is -0.152. The van der Waals surface area contributed by atoms with Gasteiger partial charge in [-0.05, 0) is 62.2 Å². The number of carbonyl (C=O) groups is 2. The first-order valence-electron chi connectivity index (χ1n) is 10.7. The SMILES string of the molecule is CCCn1c(COC(=O)c2ccc(OC(C)(C)C(=O)O)cc2)nn(Cc2ccc(Br)cc2)c1=O. The van der Waals surface area contributed by atoms with E-state index in [1.54, 1.807) is 0 Å². The van der Waals surface area contributed by atoms with E-state index >= 15 is 0 Å². The van der Waals surface area contributed by atoms with Crippen LogP contribution in [-0.4, -0.2) is 37.0 Å². The van der Waals surface area contributed by atoms with Crippen molar-refractivity contribution in [2.24, 2.45) is 0 Å². The number of aliphatic carboxylic acids is 1. The van der Waals surface area contributed by atoms with Crippen LogP contribution in [0, 0.1) is 0 Å². The van der Waals surface area contributed by atoms with Gasteiger partial charge in [0.1, 0.15) is 5.75 Å². The molecule has 0 fully saturated rings. The fraction of sp³-hybridized carbons (Fsp3) is 0.333. The van der Waals surface area contributed by atoms with Gasteiger partial charge in [0.05, 0.1) is 12.1 Å². The van der Waals surface area contributed by atoms with Crippen LogP contribution in [0.15, 0.2) is 57.8 Å². The van der Waals surface area contributed by atoms with Gasteiger partial charge in [0.25, 0.3) is 0 Å². The summed E-state index contributed by atoms with van der Waals surface area (Å²) in [5.74, 6) is -1.02. The van der Waals surface area contributed by atoms with Gasteiger partial charge in [0.2, 0.25) is 0 Å². The molecule has 3 aromatic rings. The Labute approximate surface area is 205 Å². The molecule has 1 heterocycles. The molecule has 10 heteroatoms. The Morgan fingerprint density at radius 1 is 1.09 bits per heavy atom. The minimum atomic E-state index is -1.40. The Balaban J connectivity index is 1.70. The molecule has 0 spiro atoms. The summed E-state index contributed by atoms with van der Waals surface area (Å²) in [5, 5.41) is 13.6. The molecular weight excluding hydrogens is 506 g/mol. The van der Waals surface area contributed by atoms with Crippen LogP contribution in [0.1, 0.15) is 48.9 Å². The number of rotatable bonds is 10. The molecule has 0 radical (unpaired) electrons. The highest BCUT2D eigenvalue weighted by Gasteiger charge is 2.29. The number of nitrogens with zero attached hydrogens (tertiary/aromatic N) is 3. The van der Waals surface area contributed by atoms with Crippen molar-refractivity contribution in [2.45, 2.75) is 52.5 Å². The third kappa shape index (κ3) is 6.13. The Kier molecular flexibility index (Phi) is 7.93.